The fraction of sp³-hybridized carbons (Fsp3) is 0.318. The number of fused-ring (bicyclic) bond motifs is 1. The number of nitrogens with zero attached hydrogens (tertiary/aromatic N) is 3. The minimum atomic E-state index is -0.382. The molecule has 28 heavy (non-hydrogen) atoms. The highest BCUT2D eigenvalue weighted by molar-refractivity contribution is 5.97. The van der Waals surface area contributed by atoms with Gasteiger partial charge in [-0.3, -0.25) is 14.2 Å². The highest BCUT2D eigenvalue weighted by atomic mass is 16.2. The molecule has 0 aliphatic carbocycles. The summed E-state index contributed by atoms with van der Waals surface area (Å²) in [6.45, 7) is 4.39. The standard InChI is InChI=1S/C22H24N4O2/c1-15(2)22(28)25-13-5-8-20(25)21(27)24-16-9-11-17(12-10-16)26-14-23-18-6-3-4-7-19(18)26/h3-4,6-7,9-12,14-15,20H,5,8,13H2,1-2H3,(H,24,27)/t20-/m1/s1. The Morgan fingerprint density at radius 2 is 1.86 bits per heavy atom. The van der Waals surface area contributed by atoms with Crippen molar-refractivity contribution in [2.24, 2.45) is 5.92 Å². The highest BCUT2D eigenvalue weighted by Crippen LogP contribution is 2.23. The summed E-state index contributed by atoms with van der Waals surface area (Å²) in [5.41, 5.74) is 3.68. The number of amides is 2. The Balaban J connectivity index is 1.49. The third-order valence-corrected chi connectivity index (χ3v) is 5.20. The highest BCUT2D eigenvalue weighted by Gasteiger charge is 2.34. The fourth-order valence-electron chi connectivity index (χ4n) is 3.73. The topological polar surface area (TPSA) is 67.2 Å². The first kappa shape index (κ1) is 18.2. The van der Waals surface area contributed by atoms with Gasteiger partial charge in [0, 0.05) is 23.8 Å². The molecule has 4 rings (SSSR count). The molecule has 2 heterocycles. The minimum Gasteiger partial charge on any atom is -0.330 e. The lowest BCUT2D eigenvalue weighted by Crippen LogP contribution is -2.44. The van der Waals surface area contributed by atoms with Crippen molar-refractivity contribution in [3.8, 4) is 5.69 Å². The zero-order chi connectivity index (χ0) is 19.7. The third kappa shape index (κ3) is 3.38. The van der Waals surface area contributed by atoms with Crippen LogP contribution in [0.1, 0.15) is 26.7 Å². The van der Waals surface area contributed by atoms with Crippen molar-refractivity contribution in [1.82, 2.24) is 14.5 Å². The summed E-state index contributed by atoms with van der Waals surface area (Å²) in [5, 5.41) is 2.96. The summed E-state index contributed by atoms with van der Waals surface area (Å²) in [6.07, 6.45) is 3.37. The Kier molecular flexibility index (Phi) is 4.86. The number of aromatic nitrogens is 2. The van der Waals surface area contributed by atoms with Crippen molar-refractivity contribution in [1.29, 1.82) is 0 Å². The maximum atomic E-state index is 12.7. The molecule has 0 radical (unpaired) electrons. The summed E-state index contributed by atoms with van der Waals surface area (Å²) < 4.78 is 2.01. The monoisotopic (exact) mass is 376 g/mol. The summed E-state index contributed by atoms with van der Waals surface area (Å²) >= 11 is 0. The molecule has 1 aliphatic rings. The Bertz CT molecular complexity index is 1010. The smallest absolute Gasteiger partial charge is 0.247 e. The van der Waals surface area contributed by atoms with Crippen molar-refractivity contribution in [2.45, 2.75) is 32.7 Å². The Hall–Kier alpha value is -3.15. The zero-order valence-electron chi connectivity index (χ0n) is 16.1. The van der Waals surface area contributed by atoms with E-state index >= 15 is 0 Å². The Labute approximate surface area is 164 Å². The molecule has 2 aromatic carbocycles. The van der Waals surface area contributed by atoms with Crippen LogP contribution in [0.15, 0.2) is 54.9 Å². The minimum absolute atomic E-state index is 0.0417. The van der Waals surface area contributed by atoms with E-state index in [1.165, 1.54) is 0 Å². The van der Waals surface area contributed by atoms with E-state index in [4.69, 9.17) is 0 Å². The van der Waals surface area contributed by atoms with Crippen molar-refractivity contribution in [2.75, 3.05) is 11.9 Å². The van der Waals surface area contributed by atoms with Crippen LogP contribution in [0.25, 0.3) is 16.7 Å². The Morgan fingerprint density at radius 3 is 2.61 bits per heavy atom. The number of para-hydroxylation sites is 2. The quantitative estimate of drug-likeness (QED) is 0.756. The molecule has 3 aromatic rings. The van der Waals surface area contributed by atoms with Crippen LogP contribution < -0.4 is 5.32 Å². The van der Waals surface area contributed by atoms with Crippen molar-refractivity contribution in [3.05, 3.63) is 54.9 Å². The molecule has 144 valence electrons. The first-order valence-corrected chi connectivity index (χ1v) is 9.68. The van der Waals surface area contributed by atoms with Gasteiger partial charge in [0.05, 0.1) is 11.0 Å². The number of benzene rings is 2. The summed E-state index contributed by atoms with van der Waals surface area (Å²) in [4.78, 5) is 31.2. The van der Waals surface area contributed by atoms with Crippen molar-refractivity contribution in [3.63, 3.8) is 0 Å². The second-order valence-electron chi connectivity index (χ2n) is 7.48. The number of imidazole rings is 1. The predicted molar refractivity (Wildman–Crippen MR) is 109 cm³/mol. The lowest BCUT2D eigenvalue weighted by atomic mass is 10.1. The predicted octanol–water partition coefficient (Wildman–Crippen LogP) is 3.61. The molecule has 0 unspecified atom stereocenters. The van der Waals surface area contributed by atoms with E-state index in [2.05, 4.69) is 10.3 Å². The van der Waals surface area contributed by atoms with E-state index in [1.807, 2.05) is 66.9 Å². The summed E-state index contributed by atoms with van der Waals surface area (Å²) in [6, 6.07) is 15.2. The largest absolute Gasteiger partial charge is 0.330 e. The second-order valence-corrected chi connectivity index (χ2v) is 7.48. The molecule has 1 fully saturated rings. The number of anilines is 1. The van der Waals surface area contributed by atoms with Crippen LogP contribution in [-0.4, -0.2) is 38.9 Å². The van der Waals surface area contributed by atoms with Crippen LogP contribution in [0.2, 0.25) is 0 Å². The first-order valence-electron chi connectivity index (χ1n) is 9.68. The van der Waals surface area contributed by atoms with Crippen LogP contribution in [0.5, 0.6) is 0 Å². The molecule has 6 heteroatoms. The van der Waals surface area contributed by atoms with Crippen LogP contribution in [0.4, 0.5) is 5.69 Å². The van der Waals surface area contributed by atoms with Gasteiger partial charge < -0.3 is 10.2 Å². The van der Waals surface area contributed by atoms with Gasteiger partial charge >= 0.3 is 0 Å². The summed E-state index contributed by atoms with van der Waals surface area (Å²) in [7, 11) is 0. The van der Waals surface area contributed by atoms with Gasteiger partial charge in [0.1, 0.15) is 12.4 Å². The molecular formula is C22H24N4O2. The lowest BCUT2D eigenvalue weighted by Gasteiger charge is -2.25. The second kappa shape index (κ2) is 7.46. The first-order chi connectivity index (χ1) is 13.5. The average Bonchev–Trinajstić information content (AvgIpc) is 3.35. The number of likely N-dealkylation sites (tertiary alicyclic amines) is 1. The van der Waals surface area contributed by atoms with Gasteiger partial charge in [-0.1, -0.05) is 26.0 Å². The maximum absolute atomic E-state index is 12.7. The molecule has 1 atom stereocenters. The van der Waals surface area contributed by atoms with Crippen LogP contribution in [0.3, 0.4) is 0 Å². The number of carbonyl (C=O) groups excluding carboxylic acids is 2. The molecule has 2 amide bonds. The number of rotatable bonds is 4. The molecular weight excluding hydrogens is 352 g/mol. The molecule has 1 N–H and O–H groups in total. The fourth-order valence-corrected chi connectivity index (χ4v) is 3.73. The van der Waals surface area contributed by atoms with Crippen molar-refractivity contribution >= 4 is 28.5 Å². The average molecular weight is 376 g/mol. The SMILES string of the molecule is CC(C)C(=O)N1CCC[C@@H]1C(=O)Nc1ccc(-n2cnc3ccccc32)cc1. The summed E-state index contributed by atoms with van der Waals surface area (Å²) in [5.74, 6) is -0.176. The molecule has 1 saturated heterocycles. The van der Waals surface area contributed by atoms with E-state index in [0.29, 0.717) is 13.0 Å². The van der Waals surface area contributed by atoms with E-state index in [1.54, 1.807) is 11.2 Å². The van der Waals surface area contributed by atoms with Gasteiger partial charge in [-0.05, 0) is 49.2 Å². The molecule has 1 aromatic heterocycles. The van der Waals surface area contributed by atoms with Crippen LogP contribution in [0, 0.1) is 5.92 Å². The maximum Gasteiger partial charge on any atom is 0.247 e. The van der Waals surface area contributed by atoms with Crippen LogP contribution in [-0.2, 0) is 9.59 Å². The van der Waals surface area contributed by atoms with E-state index in [0.717, 1.165) is 28.8 Å². The Morgan fingerprint density at radius 1 is 1.11 bits per heavy atom. The van der Waals surface area contributed by atoms with Gasteiger partial charge in [0.2, 0.25) is 11.8 Å². The van der Waals surface area contributed by atoms with Gasteiger partial charge in [0.15, 0.2) is 0 Å². The van der Waals surface area contributed by atoms with Crippen LogP contribution >= 0.6 is 0 Å². The number of hydrogen-bond donors (Lipinski definition) is 1. The zero-order valence-corrected chi connectivity index (χ0v) is 16.1. The van der Waals surface area contributed by atoms with Crippen molar-refractivity contribution < 1.29 is 9.59 Å². The molecule has 6 nitrogen and oxygen atoms in total. The molecule has 0 spiro atoms. The number of nitrogens with one attached hydrogen (secondary N) is 1. The van der Waals surface area contributed by atoms with Gasteiger partial charge in [-0.2, -0.15) is 0 Å². The van der Waals surface area contributed by atoms with E-state index in [9.17, 15) is 9.59 Å². The van der Waals surface area contributed by atoms with E-state index in [-0.39, 0.29) is 23.8 Å². The number of carbonyl (C=O) groups is 2. The molecule has 1 aliphatic heterocycles. The lowest BCUT2D eigenvalue weighted by molar-refractivity contribution is -0.139. The van der Waals surface area contributed by atoms with Gasteiger partial charge in [0.25, 0.3) is 0 Å². The van der Waals surface area contributed by atoms with E-state index < -0.39 is 0 Å². The molecule has 0 saturated carbocycles. The molecule has 0 bridgehead atoms. The third-order valence-electron chi connectivity index (χ3n) is 5.20. The number of hydrogen-bond acceptors (Lipinski definition) is 3. The van der Waals surface area contributed by atoms with Gasteiger partial charge in [-0.25, -0.2) is 4.98 Å². The van der Waals surface area contributed by atoms with Gasteiger partial charge in [-0.15, -0.1) is 0 Å². The normalized spacial score (nSPS) is 16.7.